The molecule has 0 saturated heterocycles. The van der Waals surface area contributed by atoms with E-state index in [2.05, 4.69) is 4.74 Å². The summed E-state index contributed by atoms with van der Waals surface area (Å²) in [7, 11) is 0. The van der Waals surface area contributed by atoms with Crippen molar-refractivity contribution in [3.63, 3.8) is 0 Å². The Labute approximate surface area is 95.1 Å². The van der Waals surface area contributed by atoms with Gasteiger partial charge in [0.05, 0.1) is 0 Å². The molecule has 0 aliphatic heterocycles. The third-order valence-corrected chi connectivity index (χ3v) is 2.19. The van der Waals surface area contributed by atoms with Gasteiger partial charge in [-0.2, -0.15) is 0 Å². The minimum atomic E-state index is -2.66. The number of benzene rings is 1. The van der Waals surface area contributed by atoms with Gasteiger partial charge in [-0.15, -0.1) is 0 Å². The molecule has 1 aromatic carbocycles. The summed E-state index contributed by atoms with van der Waals surface area (Å²) in [6, 6.07) is 6.89. The van der Waals surface area contributed by atoms with Crippen molar-refractivity contribution in [2.75, 3.05) is 6.61 Å². The number of nitrogens with zero attached hydrogens (tertiary/aromatic N) is 2. The molecule has 0 aromatic heterocycles. The van der Waals surface area contributed by atoms with Crippen LogP contribution in [0.3, 0.4) is 0 Å². The molecule has 0 heterocycles. The number of hydrogen-bond donors (Lipinski definition) is 0. The summed E-state index contributed by atoms with van der Waals surface area (Å²) in [6.07, 6.45) is 0. The van der Waals surface area contributed by atoms with Crippen molar-refractivity contribution in [2.24, 2.45) is 0 Å². The van der Waals surface area contributed by atoms with Crippen LogP contribution in [0.25, 0.3) is 0 Å². The largest absolute Gasteiger partial charge is 0.516 e. The van der Waals surface area contributed by atoms with Gasteiger partial charge < -0.3 is 4.74 Å². The van der Waals surface area contributed by atoms with Crippen LogP contribution in [0, 0.1) is 20.2 Å². The van der Waals surface area contributed by atoms with E-state index in [-0.39, 0.29) is 12.0 Å². The van der Waals surface area contributed by atoms with Crippen LogP contribution in [0.2, 0.25) is 0 Å². The monoisotopic (exact) mass is 240 g/mol. The summed E-state index contributed by atoms with van der Waals surface area (Å²) in [5.41, 5.74) is -2.82. The normalized spacial score (nSPS) is 10.6. The third kappa shape index (κ3) is 2.19. The van der Waals surface area contributed by atoms with Crippen LogP contribution in [-0.2, 0) is 15.2 Å². The molecule has 0 saturated carbocycles. The maximum atomic E-state index is 10.9. The second kappa shape index (κ2) is 5.01. The van der Waals surface area contributed by atoms with Gasteiger partial charge in [0.1, 0.15) is 15.4 Å². The Morgan fingerprint density at radius 1 is 1.18 bits per heavy atom. The lowest BCUT2D eigenvalue weighted by atomic mass is 10.0. The van der Waals surface area contributed by atoms with Gasteiger partial charge >= 0.3 is 5.66 Å². The molecular formula is C9H8N2O6. The fraction of sp³-hybridized carbons (Fsp3) is 0.222. The summed E-state index contributed by atoms with van der Waals surface area (Å²) in [5.74, 6) is 0. The van der Waals surface area contributed by atoms with Crippen LogP contribution in [0.4, 0.5) is 0 Å². The van der Waals surface area contributed by atoms with E-state index in [9.17, 15) is 25.0 Å². The highest BCUT2D eigenvalue weighted by atomic mass is 16.7. The third-order valence-electron chi connectivity index (χ3n) is 2.19. The summed E-state index contributed by atoms with van der Waals surface area (Å²) < 4.78 is 4.21. The molecule has 8 heteroatoms. The number of hydrogen-bond acceptors (Lipinski definition) is 6. The molecular weight excluding hydrogens is 232 g/mol. The SMILES string of the molecule is O=COCC(c1ccccc1)([N+](=O)[O-])[N+](=O)[O-]. The Morgan fingerprint density at radius 3 is 2.12 bits per heavy atom. The van der Waals surface area contributed by atoms with Crippen LogP contribution in [-0.4, -0.2) is 22.9 Å². The van der Waals surface area contributed by atoms with Crippen molar-refractivity contribution in [2.45, 2.75) is 5.66 Å². The van der Waals surface area contributed by atoms with Gasteiger partial charge in [0.25, 0.3) is 6.47 Å². The predicted octanol–water partition coefficient (Wildman–Crippen LogP) is 0.566. The van der Waals surface area contributed by atoms with Gasteiger partial charge in [0.2, 0.25) is 6.61 Å². The predicted molar refractivity (Wildman–Crippen MR) is 54.1 cm³/mol. The first-order valence-electron chi connectivity index (χ1n) is 4.45. The molecule has 1 rings (SSSR count). The Hall–Kier alpha value is -2.51. The molecule has 0 bridgehead atoms. The van der Waals surface area contributed by atoms with E-state index in [1.165, 1.54) is 24.3 Å². The number of nitro groups is 2. The molecule has 8 nitrogen and oxygen atoms in total. The average molecular weight is 240 g/mol. The van der Waals surface area contributed by atoms with Crippen molar-refractivity contribution in [3.05, 3.63) is 56.1 Å². The fourth-order valence-electron chi connectivity index (χ4n) is 1.32. The van der Waals surface area contributed by atoms with Gasteiger partial charge in [-0.1, -0.05) is 18.2 Å². The summed E-state index contributed by atoms with van der Waals surface area (Å²) >= 11 is 0. The summed E-state index contributed by atoms with van der Waals surface area (Å²) in [6.45, 7) is -1.02. The maximum Gasteiger partial charge on any atom is 0.516 e. The fourth-order valence-corrected chi connectivity index (χ4v) is 1.32. The van der Waals surface area contributed by atoms with E-state index in [0.29, 0.717) is 0 Å². The van der Waals surface area contributed by atoms with Crippen LogP contribution < -0.4 is 0 Å². The maximum absolute atomic E-state index is 10.9. The Bertz CT molecular complexity index is 418. The van der Waals surface area contributed by atoms with E-state index in [1.807, 2.05) is 0 Å². The molecule has 0 aliphatic carbocycles. The molecule has 1 aromatic rings. The molecule has 0 fully saturated rings. The van der Waals surface area contributed by atoms with E-state index in [1.54, 1.807) is 6.07 Å². The average Bonchev–Trinajstić information content (AvgIpc) is 2.30. The first kappa shape index (κ1) is 12.6. The second-order valence-corrected chi connectivity index (χ2v) is 3.10. The molecule has 0 radical (unpaired) electrons. The van der Waals surface area contributed by atoms with Crippen LogP contribution in [0.15, 0.2) is 30.3 Å². The Balaban J connectivity index is 3.30. The number of carbonyl (C=O) groups is 1. The number of rotatable bonds is 6. The molecule has 0 N–H and O–H groups in total. The molecule has 0 aliphatic rings. The highest BCUT2D eigenvalue weighted by molar-refractivity contribution is 5.37. The Kier molecular flexibility index (Phi) is 3.70. The van der Waals surface area contributed by atoms with Crippen LogP contribution in [0.1, 0.15) is 5.56 Å². The zero-order valence-electron chi connectivity index (χ0n) is 8.52. The van der Waals surface area contributed by atoms with Crippen LogP contribution in [0.5, 0.6) is 0 Å². The zero-order valence-corrected chi connectivity index (χ0v) is 8.52. The molecule has 0 spiro atoms. The van der Waals surface area contributed by atoms with Crippen molar-refractivity contribution in [1.29, 1.82) is 0 Å². The minimum Gasteiger partial charge on any atom is -0.452 e. The molecule has 0 amide bonds. The van der Waals surface area contributed by atoms with E-state index in [4.69, 9.17) is 0 Å². The van der Waals surface area contributed by atoms with Gasteiger partial charge in [0.15, 0.2) is 0 Å². The molecule has 0 unspecified atom stereocenters. The van der Waals surface area contributed by atoms with Gasteiger partial charge in [-0.25, -0.2) is 0 Å². The summed E-state index contributed by atoms with van der Waals surface area (Å²) in [5, 5.41) is 21.9. The smallest absolute Gasteiger partial charge is 0.452 e. The van der Waals surface area contributed by atoms with E-state index < -0.39 is 22.1 Å². The highest BCUT2D eigenvalue weighted by Gasteiger charge is 2.59. The molecule has 17 heavy (non-hydrogen) atoms. The second-order valence-electron chi connectivity index (χ2n) is 3.10. The quantitative estimate of drug-likeness (QED) is 0.311. The lowest BCUT2D eigenvalue weighted by Crippen LogP contribution is -2.47. The van der Waals surface area contributed by atoms with Crippen molar-refractivity contribution in [1.82, 2.24) is 0 Å². The van der Waals surface area contributed by atoms with Gasteiger partial charge in [-0.05, 0) is 12.1 Å². The van der Waals surface area contributed by atoms with Crippen molar-refractivity contribution < 1.29 is 19.4 Å². The lowest BCUT2D eigenvalue weighted by molar-refractivity contribution is -0.811. The van der Waals surface area contributed by atoms with Crippen molar-refractivity contribution >= 4 is 6.47 Å². The number of carbonyl (C=O) groups excluding carboxylic acids is 1. The van der Waals surface area contributed by atoms with Gasteiger partial charge in [0, 0.05) is 0 Å². The standard InChI is InChI=1S/C9H8N2O6/c12-7-17-6-9(10(13)14,11(15)16)8-4-2-1-3-5-8/h1-5,7H,6H2. The minimum absolute atomic E-state index is 0.0648. The topological polar surface area (TPSA) is 113 Å². The van der Waals surface area contributed by atoms with E-state index in [0.717, 1.165) is 0 Å². The van der Waals surface area contributed by atoms with Crippen molar-refractivity contribution in [3.8, 4) is 0 Å². The first-order chi connectivity index (χ1) is 8.05. The Morgan fingerprint density at radius 2 is 1.71 bits per heavy atom. The zero-order chi connectivity index (χ0) is 12.9. The number of ether oxygens (including phenoxy) is 1. The summed E-state index contributed by atoms with van der Waals surface area (Å²) in [4.78, 5) is 29.8. The van der Waals surface area contributed by atoms with Gasteiger partial charge in [-0.3, -0.25) is 25.0 Å². The molecule has 90 valence electrons. The lowest BCUT2D eigenvalue weighted by Gasteiger charge is -2.15. The molecule has 0 atom stereocenters. The first-order valence-corrected chi connectivity index (χ1v) is 4.45. The van der Waals surface area contributed by atoms with E-state index >= 15 is 0 Å². The van der Waals surface area contributed by atoms with Crippen LogP contribution >= 0.6 is 0 Å². The highest BCUT2D eigenvalue weighted by Crippen LogP contribution is 2.25.